The van der Waals surface area contributed by atoms with Gasteiger partial charge in [-0.25, -0.2) is 4.79 Å². The van der Waals surface area contributed by atoms with Crippen LogP contribution in [0, 0.1) is 0 Å². The second-order valence-corrected chi connectivity index (χ2v) is 8.14. The summed E-state index contributed by atoms with van der Waals surface area (Å²) in [4.78, 5) is 36.9. The Labute approximate surface area is 223 Å². The molecule has 0 unspecified atom stereocenters. The molecular weight excluding hydrogens is 463 g/mol. The first-order valence-corrected chi connectivity index (χ1v) is 10.7. The van der Waals surface area contributed by atoms with Crippen LogP contribution in [0.15, 0.2) is 77.6 Å². The molecule has 0 radical (unpaired) electrons. The van der Waals surface area contributed by atoms with Crippen LogP contribution in [0.5, 0.6) is 0 Å². The molecule has 1 aromatic heterocycles. The fraction of sp³-hybridized carbons (Fsp3) is 0.115. The molecule has 3 aromatic carbocycles. The van der Waals surface area contributed by atoms with Gasteiger partial charge in [0.1, 0.15) is 0 Å². The van der Waals surface area contributed by atoms with Gasteiger partial charge < -0.3 is 15.0 Å². The molecule has 0 bridgehead atoms. The molecule has 0 aliphatic carbocycles. The van der Waals surface area contributed by atoms with E-state index in [1.807, 2.05) is 30.3 Å². The third kappa shape index (κ3) is 5.42. The maximum absolute atomic E-state index is 13.0. The summed E-state index contributed by atoms with van der Waals surface area (Å²) in [6, 6.07) is 21.1. The normalized spacial score (nSPS) is 10.5. The number of aromatic nitrogens is 1. The number of nitrogens with zero attached hydrogens (tertiary/aromatic N) is 1. The van der Waals surface area contributed by atoms with Crippen LogP contribution in [0.1, 0.15) is 21.6 Å². The molecule has 0 aliphatic rings. The third-order valence-corrected chi connectivity index (χ3v) is 5.77. The number of nitrogens with one attached hydrogen (secondary N) is 1. The van der Waals surface area contributed by atoms with Crippen molar-refractivity contribution in [2.75, 3.05) is 0 Å². The van der Waals surface area contributed by atoms with E-state index in [4.69, 9.17) is 16.7 Å². The van der Waals surface area contributed by atoms with Crippen LogP contribution in [0.3, 0.4) is 0 Å². The molecule has 8 heteroatoms. The van der Waals surface area contributed by atoms with Crippen LogP contribution in [-0.2, 0) is 24.8 Å². The molecular formula is C26H22ClN2NaO4. The molecule has 0 saturated heterocycles. The van der Waals surface area contributed by atoms with E-state index in [9.17, 15) is 14.4 Å². The van der Waals surface area contributed by atoms with Gasteiger partial charge in [-0.2, -0.15) is 0 Å². The average Bonchev–Trinajstić information content (AvgIpc) is 2.81. The van der Waals surface area contributed by atoms with Gasteiger partial charge in [-0.1, -0.05) is 54.1 Å². The van der Waals surface area contributed by atoms with Crippen molar-refractivity contribution in [1.29, 1.82) is 0 Å². The number of hydrogen-bond donors (Lipinski definition) is 2. The molecule has 0 aliphatic heterocycles. The summed E-state index contributed by atoms with van der Waals surface area (Å²) in [5, 5.41) is 13.8. The molecule has 4 rings (SSSR count). The van der Waals surface area contributed by atoms with Gasteiger partial charge in [0.05, 0.1) is 18.5 Å². The average molecular weight is 485 g/mol. The van der Waals surface area contributed by atoms with Crippen molar-refractivity contribution in [1.82, 2.24) is 9.88 Å². The molecule has 0 atom stereocenters. The SMILES string of the molecule is Cn1c(CNC(=O)Cc2cccc(C(=O)O)c2)c(-c2ccccc2)c2cc(Cl)ccc2c1=O.[NaH]. The first-order valence-electron chi connectivity index (χ1n) is 10.3. The van der Waals surface area contributed by atoms with E-state index < -0.39 is 5.97 Å². The summed E-state index contributed by atoms with van der Waals surface area (Å²) in [5.74, 6) is -1.33. The monoisotopic (exact) mass is 484 g/mol. The summed E-state index contributed by atoms with van der Waals surface area (Å²) in [6.07, 6.45) is 0.0230. The molecule has 0 spiro atoms. The van der Waals surface area contributed by atoms with Crippen molar-refractivity contribution >= 4 is 63.8 Å². The first-order chi connectivity index (χ1) is 15.8. The number of rotatable bonds is 6. The molecule has 6 nitrogen and oxygen atoms in total. The summed E-state index contributed by atoms with van der Waals surface area (Å²) < 4.78 is 1.55. The quantitative estimate of drug-likeness (QED) is 0.408. The van der Waals surface area contributed by atoms with E-state index in [1.165, 1.54) is 12.1 Å². The fourth-order valence-electron chi connectivity index (χ4n) is 3.91. The van der Waals surface area contributed by atoms with Crippen molar-refractivity contribution in [3.05, 3.63) is 105 Å². The van der Waals surface area contributed by atoms with Crippen LogP contribution >= 0.6 is 11.6 Å². The van der Waals surface area contributed by atoms with Crippen LogP contribution < -0.4 is 10.9 Å². The second-order valence-electron chi connectivity index (χ2n) is 7.70. The van der Waals surface area contributed by atoms with Gasteiger partial charge in [-0.3, -0.25) is 9.59 Å². The van der Waals surface area contributed by atoms with Gasteiger partial charge >= 0.3 is 35.5 Å². The van der Waals surface area contributed by atoms with E-state index in [0.717, 1.165) is 16.5 Å². The Hall–Kier alpha value is -2.90. The van der Waals surface area contributed by atoms with E-state index in [1.54, 1.807) is 41.9 Å². The zero-order valence-electron chi connectivity index (χ0n) is 17.8. The van der Waals surface area contributed by atoms with Gasteiger partial charge in [0.15, 0.2) is 0 Å². The first kappa shape index (κ1) is 25.7. The van der Waals surface area contributed by atoms with Crippen molar-refractivity contribution in [3.8, 4) is 11.1 Å². The Bertz CT molecular complexity index is 1430. The fourth-order valence-corrected chi connectivity index (χ4v) is 4.09. The zero-order valence-corrected chi connectivity index (χ0v) is 18.6. The number of fused-ring (bicyclic) bond motifs is 1. The summed E-state index contributed by atoms with van der Waals surface area (Å²) in [7, 11) is 1.68. The van der Waals surface area contributed by atoms with E-state index in [-0.39, 0.29) is 59.6 Å². The number of carbonyl (C=O) groups excluding carboxylic acids is 1. The van der Waals surface area contributed by atoms with Gasteiger partial charge in [-0.05, 0) is 46.8 Å². The predicted octanol–water partition coefficient (Wildman–Crippen LogP) is 3.77. The van der Waals surface area contributed by atoms with Gasteiger partial charge in [0.25, 0.3) is 5.56 Å². The van der Waals surface area contributed by atoms with Gasteiger partial charge in [-0.15, -0.1) is 0 Å². The Morgan fingerprint density at radius 1 is 0.971 bits per heavy atom. The summed E-state index contributed by atoms with van der Waals surface area (Å²) in [6.45, 7) is 0.121. The Kier molecular flexibility index (Phi) is 8.33. The number of halogens is 1. The maximum atomic E-state index is 13.0. The van der Waals surface area contributed by atoms with Crippen LogP contribution in [0.2, 0.25) is 5.02 Å². The van der Waals surface area contributed by atoms with Crippen molar-refractivity contribution in [2.24, 2.45) is 7.05 Å². The van der Waals surface area contributed by atoms with E-state index in [0.29, 0.717) is 21.7 Å². The third-order valence-electron chi connectivity index (χ3n) is 5.53. The molecule has 0 saturated carbocycles. The summed E-state index contributed by atoms with van der Waals surface area (Å²) in [5.41, 5.74) is 2.91. The Balaban J connectivity index is 0.00000324. The molecule has 2 N–H and O–H groups in total. The molecule has 34 heavy (non-hydrogen) atoms. The number of hydrogen-bond acceptors (Lipinski definition) is 3. The number of pyridine rings is 1. The van der Waals surface area contributed by atoms with Gasteiger partial charge in [0.2, 0.25) is 5.91 Å². The number of aromatic carboxylic acids is 1. The molecule has 1 heterocycles. The second kappa shape index (κ2) is 11.0. The van der Waals surface area contributed by atoms with Crippen LogP contribution in [0.4, 0.5) is 0 Å². The molecule has 4 aromatic rings. The van der Waals surface area contributed by atoms with Crippen molar-refractivity contribution in [3.63, 3.8) is 0 Å². The minimum absolute atomic E-state index is 0. The zero-order chi connectivity index (χ0) is 23.5. The Morgan fingerprint density at radius 3 is 2.41 bits per heavy atom. The summed E-state index contributed by atoms with van der Waals surface area (Å²) >= 11 is 6.26. The number of carbonyl (C=O) groups is 2. The van der Waals surface area contributed by atoms with Crippen molar-refractivity contribution < 1.29 is 14.7 Å². The molecule has 168 valence electrons. The van der Waals surface area contributed by atoms with E-state index >= 15 is 0 Å². The Morgan fingerprint density at radius 2 is 1.71 bits per heavy atom. The minimum atomic E-state index is -1.05. The number of carboxylic acid groups (broad SMARTS) is 1. The van der Waals surface area contributed by atoms with Crippen LogP contribution in [0.25, 0.3) is 21.9 Å². The van der Waals surface area contributed by atoms with E-state index in [2.05, 4.69) is 5.32 Å². The molecule has 1 amide bonds. The standard InChI is InChI=1S/C26H21ClN2O4.Na.H/c1-29-22(15-28-23(30)13-16-6-5-9-18(12-16)26(32)33)24(17-7-3-2-4-8-17)21-14-19(27)10-11-20(21)25(29)31;;/h2-12,14H,13,15H2,1H3,(H,28,30)(H,32,33);;. The van der Waals surface area contributed by atoms with Gasteiger partial charge in [0, 0.05) is 28.7 Å². The van der Waals surface area contributed by atoms with Crippen LogP contribution in [-0.4, -0.2) is 51.1 Å². The number of amides is 1. The number of carboxylic acids is 1. The number of benzene rings is 3. The molecule has 0 fully saturated rings. The predicted molar refractivity (Wildman–Crippen MR) is 136 cm³/mol. The van der Waals surface area contributed by atoms with Crippen molar-refractivity contribution in [2.45, 2.75) is 13.0 Å². The topological polar surface area (TPSA) is 88.4 Å².